The summed E-state index contributed by atoms with van der Waals surface area (Å²) in [6, 6.07) is 12.7. The molecule has 0 aliphatic rings. The van der Waals surface area contributed by atoms with Crippen molar-refractivity contribution in [3.05, 3.63) is 59.5 Å². The zero-order chi connectivity index (χ0) is 14.8. The Bertz CT molecular complexity index is 760. The van der Waals surface area contributed by atoms with E-state index >= 15 is 0 Å². The Kier molecular flexibility index (Phi) is 3.71. The first-order valence-corrected chi connectivity index (χ1v) is 7.19. The van der Waals surface area contributed by atoms with Gasteiger partial charge in [0.15, 0.2) is 0 Å². The van der Waals surface area contributed by atoms with E-state index in [0.29, 0.717) is 0 Å². The molecule has 1 unspecified atom stereocenters. The molecule has 3 rings (SSSR count). The number of aryl methyl sites for hydroxylation is 2. The van der Waals surface area contributed by atoms with E-state index in [9.17, 15) is 0 Å². The van der Waals surface area contributed by atoms with Crippen molar-refractivity contribution in [3.63, 3.8) is 0 Å². The number of para-hydroxylation sites is 1. The lowest BCUT2D eigenvalue weighted by molar-refractivity contribution is 0.582. The minimum atomic E-state index is 0.229. The van der Waals surface area contributed by atoms with Gasteiger partial charge in [0.2, 0.25) is 0 Å². The van der Waals surface area contributed by atoms with Crippen molar-refractivity contribution in [1.29, 1.82) is 0 Å². The Hall–Kier alpha value is -2.20. The number of aromatic nitrogens is 3. The summed E-state index contributed by atoms with van der Waals surface area (Å²) in [7, 11) is 3.94. The van der Waals surface area contributed by atoms with Gasteiger partial charge in [-0.15, -0.1) is 0 Å². The topological polar surface area (TPSA) is 42.7 Å². The van der Waals surface area contributed by atoms with Crippen LogP contribution in [0.4, 0.5) is 0 Å². The van der Waals surface area contributed by atoms with Crippen LogP contribution < -0.4 is 5.32 Å². The van der Waals surface area contributed by atoms with E-state index in [2.05, 4.69) is 40.9 Å². The van der Waals surface area contributed by atoms with Crippen molar-refractivity contribution in [2.24, 2.45) is 7.05 Å². The van der Waals surface area contributed by atoms with E-state index in [1.54, 1.807) is 0 Å². The van der Waals surface area contributed by atoms with Crippen molar-refractivity contribution in [1.82, 2.24) is 20.1 Å². The summed E-state index contributed by atoms with van der Waals surface area (Å²) in [5.41, 5.74) is 4.44. The van der Waals surface area contributed by atoms with Crippen LogP contribution in [0.3, 0.4) is 0 Å². The Morgan fingerprint density at radius 3 is 2.71 bits per heavy atom. The monoisotopic (exact) mass is 280 g/mol. The number of nitrogens with zero attached hydrogens (tertiary/aromatic N) is 3. The highest BCUT2D eigenvalue weighted by molar-refractivity contribution is 5.78. The second-order valence-electron chi connectivity index (χ2n) is 5.38. The van der Waals surface area contributed by atoms with Crippen LogP contribution in [0.15, 0.2) is 42.6 Å². The maximum Gasteiger partial charge on any atom is 0.0705 e. The maximum atomic E-state index is 4.76. The van der Waals surface area contributed by atoms with Crippen LogP contribution in [0.1, 0.15) is 23.0 Å². The van der Waals surface area contributed by atoms with E-state index in [4.69, 9.17) is 4.98 Å². The average Bonchev–Trinajstić information content (AvgIpc) is 2.83. The zero-order valence-corrected chi connectivity index (χ0v) is 12.7. The molecule has 2 heterocycles. The fourth-order valence-electron chi connectivity index (χ4n) is 2.76. The highest BCUT2D eigenvalue weighted by Gasteiger charge is 2.16. The normalized spacial score (nSPS) is 12.7. The first-order valence-electron chi connectivity index (χ1n) is 7.19. The summed E-state index contributed by atoms with van der Waals surface area (Å²) in [5, 5.41) is 8.98. The Morgan fingerprint density at radius 1 is 1.19 bits per heavy atom. The van der Waals surface area contributed by atoms with E-state index in [0.717, 1.165) is 23.3 Å². The predicted octanol–water partition coefficient (Wildman–Crippen LogP) is 2.78. The van der Waals surface area contributed by atoms with Gasteiger partial charge in [0.25, 0.3) is 0 Å². The minimum Gasteiger partial charge on any atom is -0.313 e. The standard InChI is InChI=1S/C17H20N4/c1-12-15(11-21(3)20-12)17(18-2)10-14-9-8-13-6-4-5-7-16(13)19-14/h4-9,11,17-18H,10H2,1-3H3. The quantitative estimate of drug-likeness (QED) is 0.799. The lowest BCUT2D eigenvalue weighted by Gasteiger charge is -2.15. The molecule has 0 aliphatic carbocycles. The number of hydrogen-bond acceptors (Lipinski definition) is 3. The maximum absolute atomic E-state index is 4.76. The summed E-state index contributed by atoms with van der Waals surface area (Å²) in [5.74, 6) is 0. The van der Waals surface area contributed by atoms with Crippen molar-refractivity contribution in [2.45, 2.75) is 19.4 Å². The molecule has 108 valence electrons. The molecule has 0 saturated heterocycles. The van der Waals surface area contributed by atoms with Crippen LogP contribution >= 0.6 is 0 Å². The van der Waals surface area contributed by atoms with Gasteiger partial charge < -0.3 is 5.32 Å². The van der Waals surface area contributed by atoms with Gasteiger partial charge in [0, 0.05) is 42.4 Å². The van der Waals surface area contributed by atoms with Gasteiger partial charge >= 0.3 is 0 Å². The number of fused-ring (bicyclic) bond motifs is 1. The van der Waals surface area contributed by atoms with E-state index in [1.165, 1.54) is 10.9 Å². The van der Waals surface area contributed by atoms with Crippen molar-refractivity contribution >= 4 is 10.9 Å². The molecule has 0 amide bonds. The predicted molar refractivity (Wildman–Crippen MR) is 85.2 cm³/mol. The molecule has 0 fully saturated rings. The van der Waals surface area contributed by atoms with Gasteiger partial charge in [-0.2, -0.15) is 5.10 Å². The largest absolute Gasteiger partial charge is 0.313 e. The van der Waals surface area contributed by atoms with Gasteiger partial charge in [-0.3, -0.25) is 9.67 Å². The van der Waals surface area contributed by atoms with Crippen LogP contribution in [-0.4, -0.2) is 21.8 Å². The molecule has 21 heavy (non-hydrogen) atoms. The molecule has 4 heteroatoms. The van der Waals surface area contributed by atoms with Gasteiger partial charge in [0.05, 0.1) is 11.2 Å². The first-order chi connectivity index (χ1) is 10.2. The van der Waals surface area contributed by atoms with Gasteiger partial charge in [-0.05, 0) is 26.1 Å². The average molecular weight is 280 g/mol. The molecule has 1 atom stereocenters. The fourth-order valence-corrected chi connectivity index (χ4v) is 2.76. The van der Waals surface area contributed by atoms with Gasteiger partial charge in [-0.1, -0.05) is 24.3 Å². The van der Waals surface area contributed by atoms with Crippen LogP contribution in [0.5, 0.6) is 0 Å². The molecule has 2 aromatic heterocycles. The second-order valence-corrected chi connectivity index (χ2v) is 5.38. The summed E-state index contributed by atoms with van der Waals surface area (Å²) < 4.78 is 1.86. The highest BCUT2D eigenvalue weighted by Crippen LogP contribution is 2.21. The van der Waals surface area contributed by atoms with Gasteiger partial charge in [0.1, 0.15) is 0 Å². The SMILES string of the molecule is CNC(Cc1ccc2ccccc2n1)c1cn(C)nc1C. The third-order valence-corrected chi connectivity index (χ3v) is 3.84. The number of rotatable bonds is 4. The molecular formula is C17H20N4. The van der Waals surface area contributed by atoms with Crippen LogP contribution in [0.2, 0.25) is 0 Å². The fraction of sp³-hybridized carbons (Fsp3) is 0.294. The van der Waals surface area contributed by atoms with Crippen LogP contribution in [0.25, 0.3) is 10.9 Å². The lowest BCUT2D eigenvalue weighted by Crippen LogP contribution is -2.19. The Balaban J connectivity index is 1.90. The zero-order valence-electron chi connectivity index (χ0n) is 12.7. The molecule has 1 N–H and O–H groups in total. The van der Waals surface area contributed by atoms with Crippen LogP contribution in [0, 0.1) is 6.92 Å². The Morgan fingerprint density at radius 2 is 2.00 bits per heavy atom. The third-order valence-electron chi connectivity index (χ3n) is 3.84. The molecule has 1 aromatic carbocycles. The number of nitrogens with one attached hydrogen (secondary N) is 1. The molecule has 0 radical (unpaired) electrons. The summed E-state index contributed by atoms with van der Waals surface area (Å²) in [6.45, 7) is 2.05. The number of likely N-dealkylation sites (N-methyl/N-ethyl adjacent to an activating group) is 1. The third kappa shape index (κ3) is 2.81. The van der Waals surface area contributed by atoms with E-state index in [-0.39, 0.29) is 6.04 Å². The molecule has 3 aromatic rings. The van der Waals surface area contributed by atoms with Crippen molar-refractivity contribution in [2.75, 3.05) is 7.05 Å². The summed E-state index contributed by atoms with van der Waals surface area (Å²) >= 11 is 0. The Labute approximate surface area is 124 Å². The van der Waals surface area contributed by atoms with Crippen LogP contribution in [-0.2, 0) is 13.5 Å². The molecule has 0 aliphatic heterocycles. The number of pyridine rings is 1. The minimum absolute atomic E-state index is 0.229. The highest BCUT2D eigenvalue weighted by atomic mass is 15.3. The summed E-state index contributed by atoms with van der Waals surface area (Å²) in [4.78, 5) is 4.76. The molecular weight excluding hydrogens is 260 g/mol. The number of hydrogen-bond donors (Lipinski definition) is 1. The van der Waals surface area contributed by atoms with E-state index in [1.807, 2.05) is 37.8 Å². The second kappa shape index (κ2) is 5.66. The van der Waals surface area contributed by atoms with Crippen molar-refractivity contribution in [3.8, 4) is 0 Å². The van der Waals surface area contributed by atoms with E-state index < -0.39 is 0 Å². The smallest absolute Gasteiger partial charge is 0.0705 e. The molecule has 4 nitrogen and oxygen atoms in total. The van der Waals surface area contributed by atoms with Crippen molar-refractivity contribution < 1.29 is 0 Å². The molecule has 0 spiro atoms. The number of benzene rings is 1. The lowest BCUT2D eigenvalue weighted by atomic mass is 10.0. The summed E-state index contributed by atoms with van der Waals surface area (Å²) in [6.07, 6.45) is 2.94. The first kappa shape index (κ1) is 13.8. The molecule has 0 bridgehead atoms. The molecule has 0 saturated carbocycles. The van der Waals surface area contributed by atoms with Gasteiger partial charge in [-0.25, -0.2) is 0 Å².